The van der Waals surface area contributed by atoms with E-state index in [2.05, 4.69) is 10.3 Å². The molecule has 0 saturated carbocycles. The molecule has 3 aromatic carbocycles. The highest BCUT2D eigenvalue weighted by atomic mass is 16.6. The second kappa shape index (κ2) is 8.73. The summed E-state index contributed by atoms with van der Waals surface area (Å²) in [5.41, 5.74) is 1.06. The van der Waals surface area contributed by atoms with Gasteiger partial charge in [-0.25, -0.2) is 0 Å². The number of carbonyl (C=O) groups excluding carboxylic acids is 1. The van der Waals surface area contributed by atoms with Gasteiger partial charge in [-0.2, -0.15) is 0 Å². The fourth-order valence-electron chi connectivity index (χ4n) is 3.54. The molecule has 0 aliphatic rings. The van der Waals surface area contributed by atoms with Crippen molar-refractivity contribution in [2.45, 2.75) is 6.04 Å². The van der Waals surface area contributed by atoms with Crippen LogP contribution in [0.15, 0.2) is 79.0 Å². The Labute approximate surface area is 183 Å². The molecule has 160 valence electrons. The van der Waals surface area contributed by atoms with E-state index >= 15 is 0 Å². The van der Waals surface area contributed by atoms with Crippen LogP contribution in [0.5, 0.6) is 11.5 Å². The maximum atomic E-state index is 13.0. The topological polar surface area (TPSA) is 115 Å². The molecule has 0 fully saturated rings. The Bertz CT molecular complexity index is 1290. The average molecular weight is 429 g/mol. The third-order valence-corrected chi connectivity index (χ3v) is 5.14. The van der Waals surface area contributed by atoms with E-state index in [1.807, 2.05) is 0 Å². The van der Waals surface area contributed by atoms with Gasteiger partial charge in [-0.1, -0.05) is 30.3 Å². The predicted molar refractivity (Wildman–Crippen MR) is 119 cm³/mol. The number of methoxy groups -OCH3 is 1. The van der Waals surface area contributed by atoms with Gasteiger partial charge in [-0.3, -0.25) is 19.9 Å². The number of phenolic OH excluding ortho intramolecular Hbond substituents is 1. The van der Waals surface area contributed by atoms with Gasteiger partial charge in [0.15, 0.2) is 0 Å². The minimum atomic E-state index is -0.876. The lowest BCUT2D eigenvalue weighted by atomic mass is 9.95. The number of hydrogen-bond acceptors (Lipinski definition) is 6. The van der Waals surface area contributed by atoms with Gasteiger partial charge in [0.25, 0.3) is 11.6 Å². The largest absolute Gasteiger partial charge is 0.505 e. The smallest absolute Gasteiger partial charge is 0.279 e. The van der Waals surface area contributed by atoms with Crippen molar-refractivity contribution in [2.24, 2.45) is 0 Å². The van der Waals surface area contributed by atoms with Gasteiger partial charge in [-0.15, -0.1) is 0 Å². The lowest BCUT2D eigenvalue weighted by Gasteiger charge is -2.22. The van der Waals surface area contributed by atoms with Gasteiger partial charge in [0.05, 0.1) is 23.5 Å². The molecule has 1 heterocycles. The van der Waals surface area contributed by atoms with Crippen molar-refractivity contribution in [3.8, 4) is 11.5 Å². The number of nitro benzene ring substituents is 1. The zero-order valence-corrected chi connectivity index (χ0v) is 17.1. The summed E-state index contributed by atoms with van der Waals surface area (Å²) in [5.74, 6) is -0.0211. The van der Waals surface area contributed by atoms with E-state index in [0.29, 0.717) is 16.9 Å². The van der Waals surface area contributed by atoms with Crippen LogP contribution in [-0.2, 0) is 0 Å². The fourth-order valence-corrected chi connectivity index (χ4v) is 3.54. The van der Waals surface area contributed by atoms with Gasteiger partial charge < -0.3 is 15.2 Å². The number of aromatic hydroxyl groups is 1. The lowest BCUT2D eigenvalue weighted by molar-refractivity contribution is -0.383. The molecule has 1 unspecified atom stereocenters. The molecule has 0 radical (unpaired) electrons. The number of carbonyl (C=O) groups is 1. The number of phenols is 1. The maximum Gasteiger partial charge on any atom is 0.279 e. The third-order valence-electron chi connectivity index (χ3n) is 5.14. The summed E-state index contributed by atoms with van der Waals surface area (Å²) in [5, 5.41) is 25.9. The van der Waals surface area contributed by atoms with Crippen LogP contribution in [-0.4, -0.2) is 28.0 Å². The number of aromatic nitrogens is 1. The number of nitro groups is 1. The molecule has 1 aromatic heterocycles. The summed E-state index contributed by atoms with van der Waals surface area (Å²) in [6.07, 6.45) is 1.44. The van der Waals surface area contributed by atoms with E-state index in [-0.39, 0.29) is 27.9 Å². The molecule has 4 aromatic rings. The normalized spacial score (nSPS) is 11.7. The first kappa shape index (κ1) is 20.8. The number of ether oxygens (including phenoxy) is 1. The molecule has 8 nitrogen and oxygen atoms in total. The Hall–Kier alpha value is -4.46. The second-order valence-corrected chi connectivity index (χ2v) is 7.04. The van der Waals surface area contributed by atoms with Gasteiger partial charge in [0.1, 0.15) is 17.0 Å². The number of nitrogens with one attached hydrogen (secondary N) is 1. The molecule has 0 aliphatic carbocycles. The first-order valence-electron chi connectivity index (χ1n) is 9.74. The van der Waals surface area contributed by atoms with Crippen LogP contribution in [0.1, 0.15) is 27.5 Å². The summed E-state index contributed by atoms with van der Waals surface area (Å²) >= 11 is 0. The molecule has 1 atom stereocenters. The lowest BCUT2D eigenvalue weighted by Crippen LogP contribution is -2.29. The highest BCUT2D eigenvalue weighted by Crippen LogP contribution is 2.39. The monoisotopic (exact) mass is 429 g/mol. The highest BCUT2D eigenvalue weighted by molar-refractivity contribution is 5.96. The van der Waals surface area contributed by atoms with E-state index in [0.717, 1.165) is 0 Å². The maximum absolute atomic E-state index is 13.0. The van der Waals surface area contributed by atoms with Crippen LogP contribution in [0.3, 0.4) is 0 Å². The highest BCUT2D eigenvalue weighted by Gasteiger charge is 2.27. The molecular weight excluding hydrogens is 410 g/mol. The fraction of sp³-hybridized carbons (Fsp3) is 0.0833. The van der Waals surface area contributed by atoms with Gasteiger partial charge >= 0.3 is 0 Å². The summed E-state index contributed by atoms with van der Waals surface area (Å²) < 4.78 is 5.20. The Morgan fingerprint density at radius 1 is 1.09 bits per heavy atom. The van der Waals surface area contributed by atoms with Crippen molar-refractivity contribution in [3.05, 3.63) is 106 Å². The number of benzene rings is 3. The van der Waals surface area contributed by atoms with E-state index in [1.165, 1.54) is 25.4 Å². The Balaban J connectivity index is 1.89. The zero-order valence-electron chi connectivity index (χ0n) is 17.1. The number of non-ortho nitro benzene ring substituents is 1. The van der Waals surface area contributed by atoms with Crippen LogP contribution < -0.4 is 10.1 Å². The Morgan fingerprint density at radius 3 is 2.47 bits per heavy atom. The van der Waals surface area contributed by atoms with Crippen LogP contribution in [0.4, 0.5) is 5.69 Å². The van der Waals surface area contributed by atoms with E-state index < -0.39 is 16.9 Å². The first-order chi connectivity index (χ1) is 15.5. The van der Waals surface area contributed by atoms with E-state index in [1.54, 1.807) is 60.7 Å². The van der Waals surface area contributed by atoms with Crippen molar-refractivity contribution < 1.29 is 19.6 Å². The summed E-state index contributed by atoms with van der Waals surface area (Å²) in [4.78, 5) is 28.3. The van der Waals surface area contributed by atoms with Crippen molar-refractivity contribution in [1.29, 1.82) is 0 Å². The third kappa shape index (κ3) is 3.93. The van der Waals surface area contributed by atoms with Crippen molar-refractivity contribution in [3.63, 3.8) is 0 Å². The average Bonchev–Trinajstić information content (AvgIpc) is 2.83. The minimum Gasteiger partial charge on any atom is -0.505 e. The zero-order chi connectivity index (χ0) is 22.7. The number of pyridine rings is 1. The molecule has 0 aliphatic heterocycles. The molecule has 1 amide bonds. The molecule has 4 rings (SSSR count). The van der Waals surface area contributed by atoms with Crippen LogP contribution in [0.2, 0.25) is 0 Å². The van der Waals surface area contributed by atoms with E-state index in [9.17, 15) is 20.0 Å². The summed E-state index contributed by atoms with van der Waals surface area (Å²) in [6.45, 7) is 0. The van der Waals surface area contributed by atoms with Crippen LogP contribution in [0.25, 0.3) is 10.9 Å². The van der Waals surface area contributed by atoms with Crippen molar-refractivity contribution >= 4 is 22.5 Å². The van der Waals surface area contributed by atoms with E-state index in [4.69, 9.17) is 4.74 Å². The van der Waals surface area contributed by atoms with Crippen LogP contribution >= 0.6 is 0 Å². The quantitative estimate of drug-likeness (QED) is 0.347. The van der Waals surface area contributed by atoms with Crippen molar-refractivity contribution in [1.82, 2.24) is 10.3 Å². The molecule has 2 N–H and O–H groups in total. The van der Waals surface area contributed by atoms with Crippen molar-refractivity contribution in [2.75, 3.05) is 7.11 Å². The number of nitrogens with zero attached hydrogens (tertiary/aromatic N) is 2. The molecule has 0 bridgehead atoms. The number of fused-ring (bicyclic) bond motifs is 1. The minimum absolute atomic E-state index is 0.0872. The SMILES string of the molecule is COc1ccc(C(NC(=O)c2ccccc2)c2cc([N+](=O)[O-])c3cccnc3c2O)cc1. The van der Waals surface area contributed by atoms with Gasteiger partial charge in [0, 0.05) is 23.4 Å². The standard InChI is InChI=1S/C24H19N3O5/c1-32-17-11-9-15(10-12-17)21(26-24(29)16-6-3-2-4-7-16)19-14-20(27(30)31)18-8-5-13-25-22(18)23(19)28/h2-14,21,28H,1H3,(H,26,29). The second-order valence-electron chi connectivity index (χ2n) is 7.04. The van der Waals surface area contributed by atoms with Crippen LogP contribution in [0, 0.1) is 10.1 Å². The summed E-state index contributed by atoms with van der Waals surface area (Å²) in [6, 6.07) is 18.9. The Morgan fingerprint density at radius 2 is 1.81 bits per heavy atom. The molecular formula is C24H19N3O5. The predicted octanol–water partition coefficient (Wildman–Crippen LogP) is 4.38. The number of hydrogen-bond donors (Lipinski definition) is 2. The summed E-state index contributed by atoms with van der Waals surface area (Å²) in [7, 11) is 1.54. The molecule has 0 saturated heterocycles. The molecule has 32 heavy (non-hydrogen) atoms. The molecule has 8 heteroatoms. The van der Waals surface area contributed by atoms with Gasteiger partial charge in [-0.05, 0) is 42.0 Å². The van der Waals surface area contributed by atoms with Gasteiger partial charge in [0.2, 0.25) is 0 Å². The Kier molecular flexibility index (Phi) is 5.67. The number of amides is 1. The first-order valence-corrected chi connectivity index (χ1v) is 9.74. The molecule has 0 spiro atoms. The number of rotatable bonds is 6.